The highest BCUT2D eigenvalue weighted by Crippen LogP contribution is 2.20. The molecule has 0 aliphatic carbocycles. The number of hydrogen-bond acceptors (Lipinski definition) is 6. The Hall–Kier alpha value is -3.48. The molecule has 2 N–H and O–H groups in total. The van der Waals surface area contributed by atoms with Gasteiger partial charge >= 0.3 is 0 Å². The Labute approximate surface area is 157 Å². The maximum atomic E-state index is 12.2. The van der Waals surface area contributed by atoms with E-state index < -0.39 is 0 Å². The van der Waals surface area contributed by atoms with E-state index >= 15 is 0 Å². The smallest absolute Gasteiger partial charge is 0.276 e. The largest absolute Gasteiger partial charge is 0.357 e. The van der Waals surface area contributed by atoms with Crippen molar-refractivity contribution in [3.8, 4) is 0 Å². The molecule has 1 aromatic carbocycles. The number of anilines is 4. The van der Waals surface area contributed by atoms with Crippen LogP contribution in [0.3, 0.4) is 0 Å². The van der Waals surface area contributed by atoms with Gasteiger partial charge in [-0.15, -0.1) is 10.2 Å². The minimum atomic E-state index is -0.295. The SMILES string of the molecule is O=C(Nc1ccccc1)c1ccc(Nc2ccc(N3CCCC3)nc2)nn1. The van der Waals surface area contributed by atoms with Crippen molar-refractivity contribution in [1.82, 2.24) is 15.2 Å². The van der Waals surface area contributed by atoms with Gasteiger partial charge in [0.2, 0.25) is 0 Å². The van der Waals surface area contributed by atoms with E-state index in [1.807, 2.05) is 42.5 Å². The lowest BCUT2D eigenvalue weighted by Crippen LogP contribution is -2.18. The van der Waals surface area contributed by atoms with Crippen LogP contribution in [0.1, 0.15) is 23.3 Å². The van der Waals surface area contributed by atoms with Gasteiger partial charge in [-0.05, 0) is 49.2 Å². The Balaban J connectivity index is 1.38. The van der Waals surface area contributed by atoms with Crippen molar-refractivity contribution < 1.29 is 4.79 Å². The van der Waals surface area contributed by atoms with Crippen LogP contribution in [-0.2, 0) is 0 Å². The molecule has 3 aromatic rings. The summed E-state index contributed by atoms with van der Waals surface area (Å²) in [7, 11) is 0. The van der Waals surface area contributed by atoms with Crippen molar-refractivity contribution in [2.24, 2.45) is 0 Å². The second-order valence-corrected chi connectivity index (χ2v) is 6.35. The number of carbonyl (C=O) groups is 1. The fourth-order valence-corrected chi connectivity index (χ4v) is 2.98. The van der Waals surface area contributed by atoms with Gasteiger partial charge in [-0.2, -0.15) is 0 Å². The molecule has 136 valence electrons. The monoisotopic (exact) mass is 360 g/mol. The van der Waals surface area contributed by atoms with Gasteiger partial charge in [-0.3, -0.25) is 4.79 Å². The summed E-state index contributed by atoms with van der Waals surface area (Å²) in [5, 5.41) is 14.0. The lowest BCUT2D eigenvalue weighted by Gasteiger charge is -2.16. The molecule has 1 fully saturated rings. The van der Waals surface area contributed by atoms with Gasteiger partial charge in [0.05, 0.1) is 11.9 Å². The zero-order chi connectivity index (χ0) is 18.5. The number of nitrogens with zero attached hydrogens (tertiary/aromatic N) is 4. The highest BCUT2D eigenvalue weighted by atomic mass is 16.1. The zero-order valence-corrected chi connectivity index (χ0v) is 14.8. The van der Waals surface area contributed by atoms with Gasteiger partial charge in [0.1, 0.15) is 5.82 Å². The molecule has 0 saturated carbocycles. The first kappa shape index (κ1) is 17.0. The number of pyridine rings is 1. The molecule has 27 heavy (non-hydrogen) atoms. The van der Waals surface area contributed by atoms with Crippen LogP contribution in [0, 0.1) is 0 Å². The summed E-state index contributed by atoms with van der Waals surface area (Å²) < 4.78 is 0. The Morgan fingerprint density at radius 3 is 2.37 bits per heavy atom. The van der Waals surface area contributed by atoms with Crippen LogP contribution in [0.2, 0.25) is 0 Å². The lowest BCUT2D eigenvalue weighted by molar-refractivity contribution is 0.102. The molecule has 0 spiro atoms. The van der Waals surface area contributed by atoms with Crippen molar-refractivity contribution >= 4 is 28.9 Å². The summed E-state index contributed by atoms with van der Waals surface area (Å²) in [5.41, 5.74) is 1.80. The summed E-state index contributed by atoms with van der Waals surface area (Å²) in [6.45, 7) is 2.13. The summed E-state index contributed by atoms with van der Waals surface area (Å²) in [4.78, 5) is 19.0. The molecule has 0 bridgehead atoms. The Morgan fingerprint density at radius 2 is 1.70 bits per heavy atom. The second-order valence-electron chi connectivity index (χ2n) is 6.35. The molecule has 0 unspecified atom stereocenters. The summed E-state index contributed by atoms with van der Waals surface area (Å²) in [6, 6.07) is 16.6. The van der Waals surface area contributed by atoms with Crippen molar-refractivity contribution in [2.75, 3.05) is 28.6 Å². The molecule has 0 atom stereocenters. The maximum Gasteiger partial charge on any atom is 0.276 e. The van der Waals surface area contributed by atoms with Crippen molar-refractivity contribution in [3.05, 3.63) is 66.5 Å². The normalized spacial score (nSPS) is 13.4. The first-order valence-corrected chi connectivity index (χ1v) is 8.96. The topological polar surface area (TPSA) is 83.0 Å². The molecular formula is C20H20N6O. The fourth-order valence-electron chi connectivity index (χ4n) is 2.98. The predicted octanol–water partition coefficient (Wildman–Crippen LogP) is 3.47. The van der Waals surface area contributed by atoms with Crippen LogP contribution in [0.5, 0.6) is 0 Å². The Bertz CT molecular complexity index is 890. The number of aromatic nitrogens is 3. The summed E-state index contributed by atoms with van der Waals surface area (Å²) >= 11 is 0. The Morgan fingerprint density at radius 1 is 0.889 bits per heavy atom. The molecule has 3 heterocycles. The third kappa shape index (κ3) is 4.20. The maximum absolute atomic E-state index is 12.2. The highest BCUT2D eigenvalue weighted by molar-refractivity contribution is 6.02. The van der Waals surface area contributed by atoms with Crippen molar-refractivity contribution in [1.29, 1.82) is 0 Å². The molecule has 7 nitrogen and oxygen atoms in total. The lowest BCUT2D eigenvalue weighted by atomic mass is 10.3. The third-order valence-corrected chi connectivity index (χ3v) is 4.38. The third-order valence-electron chi connectivity index (χ3n) is 4.38. The average Bonchev–Trinajstić information content (AvgIpc) is 3.25. The average molecular weight is 360 g/mol. The summed E-state index contributed by atoms with van der Waals surface area (Å²) in [5.74, 6) is 1.26. The number of hydrogen-bond donors (Lipinski definition) is 2. The van der Waals surface area contributed by atoms with E-state index in [1.165, 1.54) is 12.8 Å². The van der Waals surface area contributed by atoms with E-state index in [0.717, 1.165) is 30.3 Å². The van der Waals surface area contributed by atoms with Gasteiger partial charge in [-0.25, -0.2) is 4.98 Å². The van der Waals surface area contributed by atoms with E-state index in [0.29, 0.717) is 5.82 Å². The molecule has 1 aliphatic heterocycles. The number of benzene rings is 1. The van der Waals surface area contributed by atoms with Crippen LogP contribution < -0.4 is 15.5 Å². The molecule has 4 rings (SSSR count). The minimum absolute atomic E-state index is 0.256. The van der Waals surface area contributed by atoms with Crippen LogP contribution in [0.4, 0.5) is 23.0 Å². The molecule has 1 aliphatic rings. The molecule has 2 aromatic heterocycles. The molecule has 7 heteroatoms. The van der Waals surface area contributed by atoms with Crippen LogP contribution >= 0.6 is 0 Å². The van der Waals surface area contributed by atoms with E-state index in [9.17, 15) is 4.79 Å². The number of rotatable bonds is 5. The number of carbonyl (C=O) groups excluding carboxylic acids is 1. The fraction of sp³-hybridized carbons (Fsp3) is 0.200. The van der Waals surface area contributed by atoms with Crippen molar-refractivity contribution in [2.45, 2.75) is 12.8 Å². The molecular weight excluding hydrogens is 340 g/mol. The van der Waals surface area contributed by atoms with Crippen LogP contribution in [0.15, 0.2) is 60.8 Å². The number of nitrogens with one attached hydrogen (secondary N) is 2. The van der Waals surface area contributed by atoms with Gasteiger partial charge in [0.15, 0.2) is 11.5 Å². The molecule has 0 radical (unpaired) electrons. The quantitative estimate of drug-likeness (QED) is 0.725. The Kier molecular flexibility index (Phi) is 4.91. The first-order chi connectivity index (χ1) is 13.3. The van der Waals surface area contributed by atoms with Gasteiger partial charge in [0.25, 0.3) is 5.91 Å². The van der Waals surface area contributed by atoms with Crippen LogP contribution in [0.25, 0.3) is 0 Å². The number of para-hydroxylation sites is 1. The molecule has 1 amide bonds. The van der Waals surface area contributed by atoms with E-state index in [2.05, 4.69) is 30.7 Å². The molecule has 1 saturated heterocycles. The van der Waals surface area contributed by atoms with E-state index in [-0.39, 0.29) is 11.6 Å². The van der Waals surface area contributed by atoms with E-state index in [1.54, 1.807) is 18.3 Å². The predicted molar refractivity (Wildman–Crippen MR) is 105 cm³/mol. The van der Waals surface area contributed by atoms with Gasteiger partial charge in [-0.1, -0.05) is 18.2 Å². The summed E-state index contributed by atoms with van der Waals surface area (Å²) in [6.07, 6.45) is 4.23. The second kappa shape index (κ2) is 7.82. The minimum Gasteiger partial charge on any atom is -0.357 e. The van der Waals surface area contributed by atoms with Gasteiger partial charge < -0.3 is 15.5 Å². The first-order valence-electron chi connectivity index (χ1n) is 8.96. The zero-order valence-electron chi connectivity index (χ0n) is 14.8. The standard InChI is InChI=1S/C20H20N6O/c27-20(23-15-6-2-1-3-7-15)17-9-10-18(25-24-17)22-16-8-11-19(21-14-16)26-12-4-5-13-26/h1-3,6-11,14H,4-5,12-13H2,(H,22,25)(H,23,27). The van der Waals surface area contributed by atoms with Gasteiger partial charge in [0, 0.05) is 18.8 Å². The van der Waals surface area contributed by atoms with Crippen molar-refractivity contribution in [3.63, 3.8) is 0 Å². The van der Waals surface area contributed by atoms with Crippen LogP contribution in [-0.4, -0.2) is 34.2 Å². The highest BCUT2D eigenvalue weighted by Gasteiger charge is 2.13. The van der Waals surface area contributed by atoms with E-state index in [4.69, 9.17) is 0 Å². The number of amides is 1.